The summed E-state index contributed by atoms with van der Waals surface area (Å²) in [5.74, 6) is -0.688. The van der Waals surface area contributed by atoms with Crippen molar-refractivity contribution in [2.45, 2.75) is 6.92 Å². The van der Waals surface area contributed by atoms with Crippen LogP contribution in [0.25, 0.3) is 0 Å². The number of rotatable bonds is 6. The van der Waals surface area contributed by atoms with Crippen LogP contribution >= 0.6 is 11.6 Å². The minimum absolute atomic E-state index is 0.0150. The maximum absolute atomic E-state index is 11.8. The summed E-state index contributed by atoms with van der Waals surface area (Å²) in [6.07, 6.45) is 0. The monoisotopic (exact) mass is 305 g/mol. The molecule has 0 saturated carbocycles. The molecule has 0 heterocycles. The van der Waals surface area contributed by atoms with Crippen LogP contribution in [-0.4, -0.2) is 33.2 Å². The van der Waals surface area contributed by atoms with Gasteiger partial charge in [-0.2, -0.15) is 0 Å². The van der Waals surface area contributed by atoms with Crippen molar-refractivity contribution in [3.8, 4) is 0 Å². The molecule has 0 unspecified atom stereocenters. The highest BCUT2D eigenvalue weighted by Crippen LogP contribution is 2.21. The molecule has 1 aromatic carbocycles. The second-order valence-electron chi connectivity index (χ2n) is 3.78. The van der Waals surface area contributed by atoms with Crippen molar-refractivity contribution in [1.82, 2.24) is 10.0 Å². The summed E-state index contributed by atoms with van der Waals surface area (Å²) in [6.45, 7) is 1.98. The van der Waals surface area contributed by atoms with Gasteiger partial charge in [-0.3, -0.25) is 4.79 Å². The highest BCUT2D eigenvalue weighted by molar-refractivity contribution is 7.89. The van der Waals surface area contributed by atoms with Gasteiger partial charge in [-0.25, -0.2) is 13.1 Å². The summed E-state index contributed by atoms with van der Waals surface area (Å²) < 4.78 is 25.1. The van der Waals surface area contributed by atoms with Crippen LogP contribution in [0.5, 0.6) is 0 Å². The highest BCUT2D eigenvalue weighted by atomic mass is 35.5. The fourth-order valence-corrected chi connectivity index (χ4v) is 2.68. The van der Waals surface area contributed by atoms with Gasteiger partial charge in [0.25, 0.3) is 5.91 Å². The van der Waals surface area contributed by atoms with E-state index in [2.05, 4.69) is 10.0 Å². The molecule has 1 aromatic rings. The van der Waals surface area contributed by atoms with Crippen LogP contribution in [0.1, 0.15) is 17.3 Å². The molecule has 0 aliphatic heterocycles. The van der Waals surface area contributed by atoms with Crippen LogP contribution in [0.3, 0.4) is 0 Å². The number of amides is 1. The topological polar surface area (TPSA) is 101 Å². The Balaban J connectivity index is 2.62. The highest BCUT2D eigenvalue weighted by Gasteiger charge is 2.15. The molecule has 0 atom stereocenters. The molecule has 1 rings (SSSR count). The number of hydrogen-bond acceptors (Lipinski definition) is 4. The lowest BCUT2D eigenvalue weighted by Gasteiger charge is -2.09. The summed E-state index contributed by atoms with van der Waals surface area (Å²) in [4.78, 5) is 11.8. The van der Waals surface area contributed by atoms with E-state index in [1.54, 1.807) is 25.1 Å². The van der Waals surface area contributed by atoms with Gasteiger partial charge in [0.05, 0.1) is 16.3 Å². The average molecular weight is 306 g/mol. The number of halogens is 1. The molecule has 0 spiro atoms. The van der Waals surface area contributed by atoms with Gasteiger partial charge in [0.2, 0.25) is 10.0 Å². The standard InChI is InChI=1S/C11H16ClN3O3S/c1-2-15-19(17,18)7-6-14-11(16)10-8(12)4-3-5-9(10)13/h3-5,15H,2,6-7,13H2,1H3,(H,14,16). The molecule has 0 aromatic heterocycles. The minimum Gasteiger partial charge on any atom is -0.398 e. The van der Waals surface area contributed by atoms with Crippen molar-refractivity contribution in [3.05, 3.63) is 28.8 Å². The predicted molar refractivity (Wildman–Crippen MR) is 75.7 cm³/mol. The van der Waals surface area contributed by atoms with Crippen LogP contribution in [-0.2, 0) is 10.0 Å². The number of benzene rings is 1. The van der Waals surface area contributed by atoms with Gasteiger partial charge in [-0.1, -0.05) is 24.6 Å². The Morgan fingerprint density at radius 3 is 2.68 bits per heavy atom. The van der Waals surface area contributed by atoms with E-state index < -0.39 is 15.9 Å². The Morgan fingerprint density at radius 2 is 2.11 bits per heavy atom. The van der Waals surface area contributed by atoms with E-state index in [1.807, 2.05) is 0 Å². The first-order valence-electron chi connectivity index (χ1n) is 5.67. The molecule has 19 heavy (non-hydrogen) atoms. The number of anilines is 1. The van der Waals surface area contributed by atoms with E-state index in [1.165, 1.54) is 0 Å². The summed E-state index contributed by atoms with van der Waals surface area (Å²) in [7, 11) is -3.36. The Labute approximate surface area is 117 Å². The number of sulfonamides is 1. The number of carbonyl (C=O) groups is 1. The molecule has 0 bridgehead atoms. The fourth-order valence-electron chi connectivity index (χ4n) is 1.46. The van der Waals surface area contributed by atoms with Crippen LogP contribution in [0.4, 0.5) is 5.69 Å². The van der Waals surface area contributed by atoms with Gasteiger partial charge in [-0.15, -0.1) is 0 Å². The predicted octanol–water partition coefficient (Wildman–Crippen LogP) is 0.591. The van der Waals surface area contributed by atoms with E-state index in [4.69, 9.17) is 17.3 Å². The zero-order valence-electron chi connectivity index (χ0n) is 10.4. The second kappa shape index (κ2) is 6.74. The Bertz CT molecular complexity index is 540. The number of nitrogens with one attached hydrogen (secondary N) is 2. The first-order chi connectivity index (χ1) is 8.87. The summed E-state index contributed by atoms with van der Waals surface area (Å²) >= 11 is 5.87. The lowest BCUT2D eigenvalue weighted by Crippen LogP contribution is -2.34. The molecule has 0 saturated heterocycles. The lowest BCUT2D eigenvalue weighted by atomic mass is 10.1. The summed E-state index contributed by atoms with van der Waals surface area (Å²) in [5.41, 5.74) is 6.06. The number of nitrogen functional groups attached to an aromatic ring is 1. The van der Waals surface area contributed by atoms with Gasteiger partial charge < -0.3 is 11.1 Å². The number of carbonyl (C=O) groups excluding carboxylic acids is 1. The fraction of sp³-hybridized carbons (Fsp3) is 0.364. The van der Waals surface area contributed by atoms with Crippen molar-refractivity contribution >= 4 is 33.2 Å². The van der Waals surface area contributed by atoms with Crippen molar-refractivity contribution < 1.29 is 13.2 Å². The van der Waals surface area contributed by atoms with Gasteiger partial charge >= 0.3 is 0 Å². The molecule has 0 aliphatic carbocycles. The van der Waals surface area contributed by atoms with Gasteiger partial charge in [0.1, 0.15) is 0 Å². The molecular weight excluding hydrogens is 290 g/mol. The van der Waals surface area contributed by atoms with Crippen LogP contribution in [0, 0.1) is 0 Å². The van der Waals surface area contributed by atoms with Crippen LogP contribution < -0.4 is 15.8 Å². The van der Waals surface area contributed by atoms with Gasteiger partial charge in [-0.05, 0) is 12.1 Å². The van der Waals surface area contributed by atoms with Crippen LogP contribution in [0.2, 0.25) is 5.02 Å². The van der Waals surface area contributed by atoms with Crippen molar-refractivity contribution in [2.24, 2.45) is 0 Å². The molecule has 0 fully saturated rings. The maximum Gasteiger partial charge on any atom is 0.254 e. The third-order valence-corrected chi connectivity index (χ3v) is 4.08. The van der Waals surface area contributed by atoms with Crippen molar-refractivity contribution in [3.63, 3.8) is 0 Å². The van der Waals surface area contributed by atoms with Crippen molar-refractivity contribution in [1.29, 1.82) is 0 Å². The smallest absolute Gasteiger partial charge is 0.254 e. The van der Waals surface area contributed by atoms with Crippen LogP contribution in [0.15, 0.2) is 18.2 Å². The van der Waals surface area contributed by atoms with E-state index in [9.17, 15) is 13.2 Å². The van der Waals surface area contributed by atoms with Crippen molar-refractivity contribution in [2.75, 3.05) is 24.6 Å². The first kappa shape index (κ1) is 15.7. The Morgan fingerprint density at radius 1 is 1.42 bits per heavy atom. The molecule has 106 valence electrons. The molecule has 4 N–H and O–H groups in total. The molecule has 6 nitrogen and oxygen atoms in total. The quantitative estimate of drug-likeness (QED) is 0.670. The van der Waals surface area contributed by atoms with E-state index in [0.29, 0.717) is 6.54 Å². The van der Waals surface area contributed by atoms with Gasteiger partial charge in [0.15, 0.2) is 0 Å². The van der Waals surface area contributed by atoms with E-state index in [-0.39, 0.29) is 28.6 Å². The molecule has 8 heteroatoms. The molecule has 0 radical (unpaired) electrons. The zero-order valence-corrected chi connectivity index (χ0v) is 12.0. The largest absolute Gasteiger partial charge is 0.398 e. The number of nitrogens with two attached hydrogens (primary N) is 1. The first-order valence-corrected chi connectivity index (χ1v) is 7.70. The second-order valence-corrected chi connectivity index (χ2v) is 6.11. The SMILES string of the molecule is CCNS(=O)(=O)CCNC(=O)c1c(N)cccc1Cl. The summed E-state index contributed by atoms with van der Waals surface area (Å²) in [5, 5.41) is 2.70. The molecule has 1 amide bonds. The molecule has 0 aliphatic rings. The lowest BCUT2D eigenvalue weighted by molar-refractivity contribution is 0.0957. The van der Waals surface area contributed by atoms with Gasteiger partial charge in [0, 0.05) is 18.8 Å². The average Bonchev–Trinajstić information content (AvgIpc) is 2.28. The normalized spacial score (nSPS) is 11.3. The van der Waals surface area contributed by atoms with E-state index >= 15 is 0 Å². The Hall–Kier alpha value is -1.31. The maximum atomic E-state index is 11.8. The zero-order chi connectivity index (χ0) is 14.5. The number of hydrogen-bond donors (Lipinski definition) is 3. The Kier molecular flexibility index (Phi) is 5.59. The molecular formula is C11H16ClN3O3S. The summed E-state index contributed by atoms with van der Waals surface area (Å²) in [6, 6.07) is 4.72. The third kappa shape index (κ3) is 4.70. The minimum atomic E-state index is -3.36. The van der Waals surface area contributed by atoms with E-state index in [0.717, 1.165) is 0 Å². The third-order valence-electron chi connectivity index (χ3n) is 2.29.